The molecule has 2 nitrogen and oxygen atoms in total. The maximum atomic E-state index is 5.08. The molecule has 1 atom stereocenters. The minimum absolute atomic E-state index is 0.542. The Morgan fingerprint density at radius 1 is 1.71 bits per heavy atom. The van der Waals surface area contributed by atoms with Crippen molar-refractivity contribution in [3.05, 3.63) is 0 Å². The van der Waals surface area contributed by atoms with Gasteiger partial charge in [0.2, 0.25) is 0 Å². The molecule has 1 fully saturated rings. The van der Waals surface area contributed by atoms with Crippen LogP contribution in [0.15, 0.2) is 0 Å². The Balaban J connectivity index is 2.14. The van der Waals surface area contributed by atoms with Crippen molar-refractivity contribution in [1.29, 1.82) is 0 Å². The van der Waals surface area contributed by atoms with E-state index in [1.165, 1.54) is 13.0 Å². The smallest absolute Gasteiger partial charge is 0.111 e. The monoisotopic (exact) mass is 102 g/mol. The molecule has 1 saturated heterocycles. The predicted octanol–water partition coefficient (Wildman–Crippen LogP) is -1.03. The van der Waals surface area contributed by atoms with Crippen molar-refractivity contribution in [2.24, 2.45) is 0 Å². The van der Waals surface area contributed by atoms with E-state index in [-0.39, 0.29) is 0 Å². The summed E-state index contributed by atoms with van der Waals surface area (Å²) in [6, 6.07) is 0. The van der Waals surface area contributed by atoms with E-state index in [0.29, 0.717) is 6.10 Å². The normalized spacial score (nSPS) is 31.3. The zero-order valence-electron chi connectivity index (χ0n) is 4.68. The third kappa shape index (κ3) is 1.14. The first kappa shape index (κ1) is 5.06. The fourth-order valence-corrected chi connectivity index (χ4v) is 0.939. The molecule has 0 aromatic heterocycles. The average Bonchev–Trinajstić information content (AvgIpc) is 2.14. The van der Waals surface area contributed by atoms with Gasteiger partial charge in [-0.15, -0.1) is 0 Å². The molecule has 42 valence electrons. The molecular weight excluding hydrogens is 90.1 g/mol. The second-order valence-corrected chi connectivity index (χ2v) is 1.96. The zero-order chi connectivity index (χ0) is 5.11. The number of ether oxygens (including phenoxy) is 1. The molecule has 0 aromatic carbocycles. The number of hydrogen-bond donors (Lipinski definition) is 1. The van der Waals surface area contributed by atoms with Gasteiger partial charge in [-0.3, -0.25) is 0 Å². The van der Waals surface area contributed by atoms with Crippen molar-refractivity contribution in [2.45, 2.75) is 12.5 Å². The van der Waals surface area contributed by atoms with Crippen LogP contribution in [0.2, 0.25) is 0 Å². The topological polar surface area (TPSA) is 25.8 Å². The van der Waals surface area contributed by atoms with Crippen LogP contribution in [0.1, 0.15) is 6.42 Å². The number of methoxy groups -OCH3 is 1. The van der Waals surface area contributed by atoms with Crippen molar-refractivity contribution in [3.63, 3.8) is 0 Å². The zero-order valence-corrected chi connectivity index (χ0v) is 4.68. The standard InChI is InChI=1S/C5H11NO/c1-7-5-2-3-6-4-5/h5-6H,2-4H2,1H3/p+1/t5-/m0/s1. The molecular formula is C5H12NO+. The van der Waals surface area contributed by atoms with Crippen molar-refractivity contribution >= 4 is 0 Å². The summed E-state index contributed by atoms with van der Waals surface area (Å²) in [5, 5.41) is 2.29. The molecule has 2 heteroatoms. The van der Waals surface area contributed by atoms with E-state index in [4.69, 9.17) is 4.74 Å². The third-order valence-corrected chi connectivity index (χ3v) is 1.46. The SMILES string of the molecule is CO[C@H]1CC[NH2+]C1. The van der Waals surface area contributed by atoms with Gasteiger partial charge in [0.25, 0.3) is 0 Å². The fourth-order valence-electron chi connectivity index (χ4n) is 0.939. The van der Waals surface area contributed by atoms with Crippen LogP contribution in [0.5, 0.6) is 0 Å². The lowest BCUT2D eigenvalue weighted by atomic mass is 10.3. The maximum Gasteiger partial charge on any atom is 0.111 e. The van der Waals surface area contributed by atoms with E-state index in [9.17, 15) is 0 Å². The summed E-state index contributed by atoms with van der Waals surface area (Å²) in [7, 11) is 1.78. The van der Waals surface area contributed by atoms with E-state index < -0.39 is 0 Å². The fraction of sp³-hybridized carbons (Fsp3) is 1.00. The number of quaternary nitrogens is 1. The molecule has 1 rings (SSSR count). The number of rotatable bonds is 1. The van der Waals surface area contributed by atoms with Gasteiger partial charge in [0.05, 0.1) is 6.54 Å². The van der Waals surface area contributed by atoms with Gasteiger partial charge < -0.3 is 10.1 Å². The molecule has 0 bridgehead atoms. The highest BCUT2D eigenvalue weighted by Crippen LogP contribution is 1.93. The van der Waals surface area contributed by atoms with Gasteiger partial charge >= 0.3 is 0 Å². The largest absolute Gasteiger partial charge is 0.375 e. The molecule has 0 amide bonds. The molecule has 0 saturated carbocycles. The lowest BCUT2D eigenvalue weighted by Crippen LogP contribution is -2.81. The van der Waals surface area contributed by atoms with Crippen LogP contribution in [0.3, 0.4) is 0 Å². The van der Waals surface area contributed by atoms with Crippen molar-refractivity contribution in [1.82, 2.24) is 0 Å². The predicted molar refractivity (Wildman–Crippen MR) is 27.1 cm³/mol. The molecule has 0 spiro atoms. The van der Waals surface area contributed by atoms with E-state index >= 15 is 0 Å². The third-order valence-electron chi connectivity index (χ3n) is 1.46. The highest BCUT2D eigenvalue weighted by atomic mass is 16.5. The molecule has 1 aliphatic heterocycles. The van der Waals surface area contributed by atoms with Crippen LogP contribution in [0.25, 0.3) is 0 Å². The average molecular weight is 102 g/mol. The Bertz CT molecular complexity index is 50.0. The van der Waals surface area contributed by atoms with Crippen LogP contribution in [-0.2, 0) is 4.74 Å². The van der Waals surface area contributed by atoms with Crippen molar-refractivity contribution < 1.29 is 10.1 Å². The van der Waals surface area contributed by atoms with E-state index in [0.717, 1.165) is 6.54 Å². The molecule has 2 N–H and O–H groups in total. The quantitative estimate of drug-likeness (QED) is 0.450. The summed E-state index contributed by atoms with van der Waals surface area (Å²) in [5.41, 5.74) is 0. The Labute approximate surface area is 43.9 Å². The highest BCUT2D eigenvalue weighted by Gasteiger charge is 2.15. The van der Waals surface area contributed by atoms with Gasteiger partial charge in [-0.1, -0.05) is 0 Å². The lowest BCUT2D eigenvalue weighted by Gasteiger charge is -1.98. The molecule has 1 aliphatic rings. The van der Waals surface area contributed by atoms with Crippen molar-refractivity contribution in [3.8, 4) is 0 Å². The van der Waals surface area contributed by atoms with Gasteiger partial charge in [-0.25, -0.2) is 0 Å². The van der Waals surface area contributed by atoms with Crippen molar-refractivity contribution in [2.75, 3.05) is 20.2 Å². The van der Waals surface area contributed by atoms with Crippen LogP contribution < -0.4 is 5.32 Å². The second-order valence-electron chi connectivity index (χ2n) is 1.96. The summed E-state index contributed by atoms with van der Waals surface area (Å²) < 4.78 is 5.08. The van der Waals surface area contributed by atoms with Gasteiger partial charge in [0, 0.05) is 13.5 Å². The first-order chi connectivity index (χ1) is 3.43. The Hall–Kier alpha value is -0.0800. The summed E-state index contributed by atoms with van der Waals surface area (Å²) in [6.07, 6.45) is 1.77. The first-order valence-electron chi connectivity index (χ1n) is 2.78. The highest BCUT2D eigenvalue weighted by molar-refractivity contribution is 4.56. The van der Waals surface area contributed by atoms with Gasteiger partial charge in [0.15, 0.2) is 0 Å². The molecule has 0 aliphatic carbocycles. The van der Waals surface area contributed by atoms with Crippen LogP contribution in [-0.4, -0.2) is 26.3 Å². The number of hydrogen-bond acceptors (Lipinski definition) is 1. The molecule has 0 aromatic rings. The molecule has 7 heavy (non-hydrogen) atoms. The van der Waals surface area contributed by atoms with Crippen LogP contribution in [0, 0.1) is 0 Å². The van der Waals surface area contributed by atoms with Crippen LogP contribution in [0.4, 0.5) is 0 Å². The van der Waals surface area contributed by atoms with Gasteiger partial charge in [-0.05, 0) is 0 Å². The molecule has 1 heterocycles. The second kappa shape index (κ2) is 2.28. The van der Waals surface area contributed by atoms with E-state index in [2.05, 4.69) is 5.32 Å². The maximum absolute atomic E-state index is 5.08. The summed E-state index contributed by atoms with van der Waals surface area (Å²) in [4.78, 5) is 0. The molecule has 0 radical (unpaired) electrons. The first-order valence-corrected chi connectivity index (χ1v) is 2.78. The summed E-state index contributed by atoms with van der Waals surface area (Å²) in [5.74, 6) is 0. The van der Waals surface area contributed by atoms with Crippen LogP contribution >= 0.6 is 0 Å². The minimum atomic E-state index is 0.542. The minimum Gasteiger partial charge on any atom is -0.375 e. The Morgan fingerprint density at radius 3 is 2.86 bits per heavy atom. The summed E-state index contributed by atoms with van der Waals surface area (Å²) in [6.45, 7) is 2.41. The van der Waals surface area contributed by atoms with E-state index in [1.54, 1.807) is 7.11 Å². The van der Waals surface area contributed by atoms with E-state index in [1.807, 2.05) is 0 Å². The number of nitrogens with two attached hydrogens (primary N) is 1. The van der Waals surface area contributed by atoms with Gasteiger partial charge in [-0.2, -0.15) is 0 Å². The summed E-state index contributed by atoms with van der Waals surface area (Å²) >= 11 is 0. The lowest BCUT2D eigenvalue weighted by molar-refractivity contribution is -0.638. The molecule has 0 unspecified atom stereocenters. The van der Waals surface area contributed by atoms with Gasteiger partial charge in [0.1, 0.15) is 12.6 Å². The Kier molecular flexibility index (Phi) is 1.65. The Morgan fingerprint density at radius 2 is 2.57 bits per heavy atom.